The van der Waals surface area contributed by atoms with Crippen LogP contribution in [0.1, 0.15) is 31.9 Å². The molecule has 2 heterocycles. The van der Waals surface area contributed by atoms with Crippen LogP contribution in [0.15, 0.2) is 96.2 Å². The first-order chi connectivity index (χ1) is 20.5. The summed E-state index contributed by atoms with van der Waals surface area (Å²) >= 11 is 5.85. The van der Waals surface area contributed by atoms with Gasteiger partial charge in [-0.3, -0.25) is 4.72 Å². The maximum atomic E-state index is 13.8. The number of anilines is 1. The normalized spacial score (nSPS) is 11.7. The molecule has 9 nitrogen and oxygen atoms in total. The quantitative estimate of drug-likeness (QED) is 0.171. The summed E-state index contributed by atoms with van der Waals surface area (Å²) in [6.07, 6.45) is 2.88. The largest absolute Gasteiger partial charge is 0.472 e. The lowest BCUT2D eigenvalue weighted by molar-refractivity contribution is 0.201. The van der Waals surface area contributed by atoms with Gasteiger partial charge >= 0.3 is 6.01 Å². The van der Waals surface area contributed by atoms with Gasteiger partial charge in [0, 0.05) is 0 Å². The molecule has 0 saturated carbocycles. The highest BCUT2D eigenvalue weighted by Gasteiger charge is 2.27. The molecular formula is C32H32ClN5O4S. The van der Waals surface area contributed by atoms with Gasteiger partial charge in [-0.25, -0.2) is 23.1 Å². The van der Waals surface area contributed by atoms with Crippen molar-refractivity contribution in [2.75, 3.05) is 17.9 Å². The Kier molecular flexibility index (Phi) is 8.70. The van der Waals surface area contributed by atoms with E-state index in [1.807, 2.05) is 73.7 Å². The van der Waals surface area contributed by atoms with Gasteiger partial charge in [0.15, 0.2) is 5.82 Å². The first-order valence-corrected chi connectivity index (χ1v) is 15.5. The number of aryl methyl sites for hydroxylation is 1. The van der Waals surface area contributed by atoms with E-state index in [0.29, 0.717) is 16.3 Å². The van der Waals surface area contributed by atoms with Crippen LogP contribution in [-0.4, -0.2) is 41.4 Å². The third-order valence-electron chi connectivity index (χ3n) is 6.61. The van der Waals surface area contributed by atoms with E-state index < -0.39 is 10.0 Å². The standard InChI is InChI=1S/C32H32ClN5O4S/c1-22-10-12-23(13-11-22)28-29(37-43(39,40)27-16-14-24(15-17-27)32(2,3)4)38(26-8-6-5-7-9-26)36-30(28)41-18-19-42-31-34-20-25(33)21-35-31/h5-17,20-21,37H,18-19H2,1-4H3. The number of ether oxygens (including phenoxy) is 2. The Morgan fingerprint density at radius 3 is 2.12 bits per heavy atom. The maximum absolute atomic E-state index is 13.8. The van der Waals surface area contributed by atoms with E-state index in [4.69, 9.17) is 26.2 Å². The molecule has 0 amide bonds. The SMILES string of the molecule is Cc1ccc(-c2c(OCCOc3ncc(Cl)cn3)nn(-c3ccccc3)c2NS(=O)(=O)c2ccc(C(C)(C)C)cc2)cc1. The van der Waals surface area contributed by atoms with Crippen molar-refractivity contribution < 1.29 is 17.9 Å². The number of nitrogens with one attached hydrogen (secondary N) is 1. The zero-order valence-corrected chi connectivity index (χ0v) is 25.9. The van der Waals surface area contributed by atoms with Crippen molar-refractivity contribution in [3.05, 3.63) is 107 Å². The molecule has 222 valence electrons. The zero-order valence-electron chi connectivity index (χ0n) is 24.3. The van der Waals surface area contributed by atoms with Gasteiger partial charge in [-0.1, -0.05) is 92.5 Å². The van der Waals surface area contributed by atoms with Gasteiger partial charge in [-0.05, 0) is 47.7 Å². The number of benzene rings is 3. The molecular weight excluding hydrogens is 586 g/mol. The minimum Gasteiger partial charge on any atom is -0.472 e. The first kappa shape index (κ1) is 30.1. The molecule has 0 atom stereocenters. The summed E-state index contributed by atoms with van der Waals surface area (Å²) < 4.78 is 43.6. The fraction of sp³-hybridized carbons (Fsp3) is 0.219. The van der Waals surface area contributed by atoms with E-state index >= 15 is 0 Å². The molecule has 0 radical (unpaired) electrons. The molecule has 5 aromatic rings. The molecule has 0 saturated heterocycles. The molecule has 1 N–H and O–H groups in total. The van der Waals surface area contributed by atoms with Crippen molar-refractivity contribution in [1.29, 1.82) is 0 Å². The second kappa shape index (κ2) is 12.4. The van der Waals surface area contributed by atoms with E-state index in [2.05, 4.69) is 35.5 Å². The number of sulfonamides is 1. The van der Waals surface area contributed by atoms with Crippen molar-refractivity contribution in [3.8, 4) is 28.7 Å². The van der Waals surface area contributed by atoms with Crippen LogP contribution in [0.3, 0.4) is 0 Å². The number of aromatic nitrogens is 4. The van der Waals surface area contributed by atoms with Gasteiger partial charge in [-0.2, -0.15) is 0 Å². The molecule has 11 heteroatoms. The van der Waals surface area contributed by atoms with Crippen LogP contribution in [0.2, 0.25) is 5.02 Å². The summed E-state index contributed by atoms with van der Waals surface area (Å²) in [4.78, 5) is 8.18. The Morgan fingerprint density at radius 1 is 0.860 bits per heavy atom. The van der Waals surface area contributed by atoms with E-state index in [1.165, 1.54) is 17.1 Å². The van der Waals surface area contributed by atoms with Gasteiger partial charge in [-0.15, -0.1) is 5.10 Å². The van der Waals surface area contributed by atoms with E-state index in [9.17, 15) is 8.42 Å². The zero-order chi connectivity index (χ0) is 30.6. The monoisotopic (exact) mass is 617 g/mol. The number of para-hydroxylation sites is 1. The van der Waals surface area contributed by atoms with Gasteiger partial charge in [0.1, 0.15) is 13.2 Å². The Bertz CT molecular complexity index is 1780. The lowest BCUT2D eigenvalue weighted by Crippen LogP contribution is -2.17. The molecule has 5 rings (SSSR count). The molecule has 0 bridgehead atoms. The lowest BCUT2D eigenvalue weighted by atomic mass is 9.87. The molecule has 0 fully saturated rings. The highest BCUT2D eigenvalue weighted by Crippen LogP contribution is 2.39. The number of rotatable bonds is 10. The summed E-state index contributed by atoms with van der Waals surface area (Å²) in [5, 5.41) is 5.12. The predicted molar refractivity (Wildman–Crippen MR) is 168 cm³/mol. The van der Waals surface area contributed by atoms with Gasteiger partial charge in [0.25, 0.3) is 10.0 Å². The van der Waals surface area contributed by atoms with Crippen molar-refractivity contribution in [1.82, 2.24) is 19.7 Å². The average Bonchev–Trinajstić information content (AvgIpc) is 3.33. The lowest BCUT2D eigenvalue weighted by Gasteiger charge is -2.19. The van der Waals surface area contributed by atoms with Crippen molar-refractivity contribution in [2.45, 2.75) is 38.0 Å². The summed E-state index contributed by atoms with van der Waals surface area (Å²) in [5.41, 5.74) is 3.84. The Balaban J connectivity index is 1.54. The molecule has 0 aliphatic carbocycles. The summed E-state index contributed by atoms with van der Waals surface area (Å²) in [7, 11) is -4.01. The van der Waals surface area contributed by atoms with Crippen molar-refractivity contribution in [3.63, 3.8) is 0 Å². The molecule has 0 spiro atoms. The molecule has 0 aliphatic heterocycles. The second-order valence-corrected chi connectivity index (χ2v) is 13.0. The highest BCUT2D eigenvalue weighted by molar-refractivity contribution is 7.92. The second-order valence-electron chi connectivity index (χ2n) is 10.9. The number of nitrogens with zero attached hydrogens (tertiary/aromatic N) is 4. The van der Waals surface area contributed by atoms with Crippen LogP contribution in [0.4, 0.5) is 5.82 Å². The molecule has 0 aliphatic rings. The highest BCUT2D eigenvalue weighted by atomic mass is 35.5. The van der Waals surface area contributed by atoms with Crippen LogP contribution in [0, 0.1) is 6.92 Å². The first-order valence-electron chi connectivity index (χ1n) is 13.6. The van der Waals surface area contributed by atoms with E-state index in [-0.39, 0.29) is 41.2 Å². The van der Waals surface area contributed by atoms with Gasteiger partial charge < -0.3 is 9.47 Å². The maximum Gasteiger partial charge on any atom is 0.316 e. The fourth-order valence-corrected chi connectivity index (χ4v) is 5.45. The van der Waals surface area contributed by atoms with E-state index in [1.54, 1.807) is 12.1 Å². The minimum absolute atomic E-state index is 0.0944. The average molecular weight is 618 g/mol. The number of hydrogen-bond acceptors (Lipinski definition) is 7. The van der Waals surface area contributed by atoms with Gasteiger partial charge in [0.05, 0.1) is 33.6 Å². The fourth-order valence-electron chi connectivity index (χ4n) is 4.30. The van der Waals surface area contributed by atoms with Crippen molar-refractivity contribution >= 4 is 27.4 Å². The number of halogens is 1. The summed E-state index contributed by atoms with van der Waals surface area (Å²) in [6.45, 7) is 8.43. The van der Waals surface area contributed by atoms with Gasteiger partial charge in [0.2, 0.25) is 5.88 Å². The Labute approximate surface area is 256 Å². The molecule has 0 unspecified atom stereocenters. The topological polar surface area (TPSA) is 108 Å². The third-order valence-corrected chi connectivity index (χ3v) is 8.16. The van der Waals surface area contributed by atoms with Crippen LogP contribution >= 0.6 is 11.6 Å². The van der Waals surface area contributed by atoms with Crippen LogP contribution in [0.5, 0.6) is 11.9 Å². The minimum atomic E-state index is -4.01. The molecule has 43 heavy (non-hydrogen) atoms. The summed E-state index contributed by atoms with van der Waals surface area (Å²) in [5.74, 6) is 0.473. The molecule has 3 aromatic carbocycles. The smallest absolute Gasteiger partial charge is 0.316 e. The van der Waals surface area contributed by atoms with E-state index in [0.717, 1.165) is 16.7 Å². The summed E-state index contributed by atoms with van der Waals surface area (Å²) in [6, 6.07) is 24.0. The van der Waals surface area contributed by atoms with Crippen molar-refractivity contribution in [2.24, 2.45) is 0 Å². The Hall–Kier alpha value is -4.41. The van der Waals surface area contributed by atoms with Crippen LogP contribution in [0.25, 0.3) is 16.8 Å². The Morgan fingerprint density at radius 2 is 1.49 bits per heavy atom. The van der Waals surface area contributed by atoms with Crippen LogP contribution < -0.4 is 14.2 Å². The third kappa shape index (κ3) is 7.15. The van der Waals surface area contributed by atoms with Crippen LogP contribution in [-0.2, 0) is 15.4 Å². The predicted octanol–water partition coefficient (Wildman–Crippen LogP) is 6.85. The molecule has 2 aromatic heterocycles. The number of hydrogen-bond donors (Lipinski definition) is 1.